The number of piperidine rings is 1. The molecule has 7 heteroatoms. The topological polar surface area (TPSA) is 60.0 Å². The van der Waals surface area contributed by atoms with E-state index in [9.17, 15) is 9.18 Å². The highest BCUT2D eigenvalue weighted by molar-refractivity contribution is 5.77. The predicted molar refractivity (Wildman–Crippen MR) is 135 cm³/mol. The van der Waals surface area contributed by atoms with Crippen molar-refractivity contribution in [3.63, 3.8) is 0 Å². The summed E-state index contributed by atoms with van der Waals surface area (Å²) < 4.78 is 30.8. The van der Waals surface area contributed by atoms with Gasteiger partial charge < -0.3 is 19.5 Å². The third-order valence-electron chi connectivity index (χ3n) is 6.69. The van der Waals surface area contributed by atoms with E-state index in [1.54, 1.807) is 18.2 Å². The van der Waals surface area contributed by atoms with E-state index in [4.69, 9.17) is 14.2 Å². The molecule has 2 aliphatic rings. The third-order valence-corrected chi connectivity index (χ3v) is 6.69. The number of carbonyl (C=O) groups excluding carboxylic acids is 1. The first-order valence-corrected chi connectivity index (χ1v) is 12.4. The fourth-order valence-corrected chi connectivity index (χ4v) is 4.80. The van der Waals surface area contributed by atoms with Gasteiger partial charge in [0.15, 0.2) is 18.1 Å². The summed E-state index contributed by atoms with van der Waals surface area (Å²) in [6, 6.07) is 18.4. The maximum atomic E-state index is 13.8. The Balaban J connectivity index is 1.31. The number of likely N-dealkylation sites (tertiary alicyclic amines) is 1. The Labute approximate surface area is 211 Å². The van der Waals surface area contributed by atoms with Crippen LogP contribution in [0, 0.1) is 11.7 Å². The first-order chi connectivity index (χ1) is 17.5. The number of carbonyl (C=O) groups is 1. The van der Waals surface area contributed by atoms with Gasteiger partial charge in [0.05, 0.1) is 0 Å². The van der Waals surface area contributed by atoms with Gasteiger partial charge in [-0.2, -0.15) is 0 Å². The minimum Gasteiger partial charge on any atom is -0.483 e. The summed E-state index contributed by atoms with van der Waals surface area (Å²) in [7, 11) is 0. The minimum atomic E-state index is -0.337. The lowest BCUT2D eigenvalue weighted by Gasteiger charge is -2.31. The highest BCUT2D eigenvalue weighted by atomic mass is 19.1. The van der Waals surface area contributed by atoms with Crippen LogP contribution in [0.3, 0.4) is 0 Å². The molecule has 1 N–H and O–H groups in total. The number of nitrogens with one attached hydrogen (secondary N) is 1. The van der Waals surface area contributed by atoms with Crippen molar-refractivity contribution in [2.24, 2.45) is 5.92 Å². The lowest BCUT2D eigenvalue weighted by atomic mass is 9.98. The van der Waals surface area contributed by atoms with Crippen LogP contribution in [0.5, 0.6) is 17.2 Å². The van der Waals surface area contributed by atoms with E-state index in [0.717, 1.165) is 47.8 Å². The number of hydrogen-bond donors (Lipinski definition) is 1. The SMILES string of the molecule is CC1CCCN(Cc2cc(-c3ccc4c(c3)OCO4)ccc2OCC(=O)NCc2ccccc2F)C1. The zero-order valence-electron chi connectivity index (χ0n) is 20.5. The Morgan fingerprint density at radius 2 is 1.86 bits per heavy atom. The molecule has 1 atom stereocenters. The molecule has 1 amide bonds. The van der Waals surface area contributed by atoms with Crippen molar-refractivity contribution < 1.29 is 23.4 Å². The molecule has 0 spiro atoms. The number of benzene rings is 3. The van der Waals surface area contributed by atoms with Crippen molar-refractivity contribution in [2.75, 3.05) is 26.5 Å². The molecule has 0 saturated carbocycles. The Bertz CT molecular complexity index is 1230. The Hall–Kier alpha value is -3.58. The van der Waals surface area contributed by atoms with Crippen LogP contribution in [-0.2, 0) is 17.9 Å². The molecule has 0 radical (unpaired) electrons. The molecule has 2 aliphatic heterocycles. The van der Waals surface area contributed by atoms with Crippen molar-refractivity contribution >= 4 is 5.91 Å². The second kappa shape index (κ2) is 11.0. The minimum absolute atomic E-state index is 0.121. The summed E-state index contributed by atoms with van der Waals surface area (Å²) in [6.07, 6.45) is 2.43. The van der Waals surface area contributed by atoms with Gasteiger partial charge in [-0.05, 0) is 66.8 Å². The third kappa shape index (κ3) is 5.79. The quantitative estimate of drug-likeness (QED) is 0.473. The zero-order chi connectivity index (χ0) is 24.9. The van der Waals surface area contributed by atoms with Crippen molar-refractivity contribution in [3.8, 4) is 28.4 Å². The van der Waals surface area contributed by atoms with Crippen molar-refractivity contribution in [1.29, 1.82) is 0 Å². The van der Waals surface area contributed by atoms with Gasteiger partial charge in [0.25, 0.3) is 5.91 Å². The molecule has 0 aliphatic carbocycles. The molecular formula is C29H31FN2O4. The first kappa shape index (κ1) is 24.1. The molecule has 1 fully saturated rings. The summed E-state index contributed by atoms with van der Waals surface area (Å²) in [5, 5.41) is 2.74. The maximum absolute atomic E-state index is 13.8. The van der Waals surface area contributed by atoms with Gasteiger partial charge in [0.2, 0.25) is 6.79 Å². The number of amides is 1. The van der Waals surface area contributed by atoms with E-state index in [2.05, 4.69) is 23.2 Å². The number of ether oxygens (including phenoxy) is 3. The fourth-order valence-electron chi connectivity index (χ4n) is 4.80. The highest BCUT2D eigenvalue weighted by Gasteiger charge is 2.20. The van der Waals surface area contributed by atoms with Gasteiger partial charge in [-0.25, -0.2) is 4.39 Å². The lowest BCUT2D eigenvalue weighted by molar-refractivity contribution is -0.123. The molecule has 188 valence electrons. The van der Waals surface area contributed by atoms with E-state index in [-0.39, 0.29) is 31.7 Å². The van der Waals surface area contributed by atoms with Crippen molar-refractivity contribution in [3.05, 3.63) is 77.6 Å². The second-order valence-corrected chi connectivity index (χ2v) is 9.53. The maximum Gasteiger partial charge on any atom is 0.258 e. The average molecular weight is 491 g/mol. The fraction of sp³-hybridized carbons (Fsp3) is 0.345. The smallest absolute Gasteiger partial charge is 0.258 e. The molecule has 0 aromatic heterocycles. The van der Waals surface area contributed by atoms with Gasteiger partial charge in [-0.15, -0.1) is 0 Å². The molecule has 3 aromatic carbocycles. The molecule has 1 saturated heterocycles. The van der Waals surface area contributed by atoms with Crippen LogP contribution in [0.2, 0.25) is 0 Å². The predicted octanol–water partition coefficient (Wildman–Crippen LogP) is 5.15. The Morgan fingerprint density at radius 3 is 2.72 bits per heavy atom. The van der Waals surface area contributed by atoms with Crippen LogP contribution in [0.1, 0.15) is 30.9 Å². The lowest BCUT2D eigenvalue weighted by Crippen LogP contribution is -2.34. The zero-order valence-corrected chi connectivity index (χ0v) is 20.5. The molecule has 1 unspecified atom stereocenters. The monoisotopic (exact) mass is 490 g/mol. The van der Waals surface area contributed by atoms with E-state index in [0.29, 0.717) is 17.2 Å². The Morgan fingerprint density at radius 1 is 1.06 bits per heavy atom. The summed E-state index contributed by atoms with van der Waals surface area (Å²) in [5.41, 5.74) is 3.55. The molecule has 5 rings (SSSR count). The van der Waals surface area contributed by atoms with Crippen molar-refractivity contribution in [1.82, 2.24) is 10.2 Å². The number of fused-ring (bicyclic) bond motifs is 1. The summed E-state index contributed by atoms with van der Waals surface area (Å²) in [4.78, 5) is 14.9. The summed E-state index contributed by atoms with van der Waals surface area (Å²) in [5.74, 6) is 2.20. The molecular weight excluding hydrogens is 459 g/mol. The van der Waals surface area contributed by atoms with Gasteiger partial charge in [-0.3, -0.25) is 9.69 Å². The van der Waals surface area contributed by atoms with Crippen LogP contribution in [0.15, 0.2) is 60.7 Å². The first-order valence-electron chi connectivity index (χ1n) is 12.4. The van der Waals surface area contributed by atoms with Crippen LogP contribution < -0.4 is 19.5 Å². The van der Waals surface area contributed by atoms with Crippen LogP contribution in [-0.4, -0.2) is 37.3 Å². The molecule has 0 bridgehead atoms. The molecule has 3 aromatic rings. The van der Waals surface area contributed by atoms with Gasteiger partial charge >= 0.3 is 0 Å². The van der Waals surface area contributed by atoms with Crippen LogP contribution in [0.25, 0.3) is 11.1 Å². The normalized spacial score (nSPS) is 17.1. The van der Waals surface area contributed by atoms with Gasteiger partial charge in [-0.1, -0.05) is 37.3 Å². The number of hydrogen-bond acceptors (Lipinski definition) is 5. The Kier molecular flexibility index (Phi) is 7.37. The van der Waals surface area contributed by atoms with Gasteiger partial charge in [0.1, 0.15) is 11.6 Å². The molecule has 6 nitrogen and oxygen atoms in total. The summed E-state index contributed by atoms with van der Waals surface area (Å²) in [6.45, 7) is 5.33. The van der Waals surface area contributed by atoms with Crippen LogP contribution >= 0.6 is 0 Å². The second-order valence-electron chi connectivity index (χ2n) is 9.53. The van der Waals surface area contributed by atoms with E-state index < -0.39 is 0 Å². The number of nitrogens with zero attached hydrogens (tertiary/aromatic N) is 1. The van der Waals surface area contributed by atoms with Gasteiger partial charge in [0, 0.05) is 30.8 Å². The number of halogens is 1. The largest absolute Gasteiger partial charge is 0.483 e. The van der Waals surface area contributed by atoms with E-state index in [1.165, 1.54) is 18.9 Å². The molecule has 2 heterocycles. The van der Waals surface area contributed by atoms with E-state index >= 15 is 0 Å². The van der Waals surface area contributed by atoms with E-state index in [1.807, 2.05) is 30.3 Å². The summed E-state index contributed by atoms with van der Waals surface area (Å²) >= 11 is 0. The highest BCUT2D eigenvalue weighted by Crippen LogP contribution is 2.37. The average Bonchev–Trinajstić information content (AvgIpc) is 3.35. The molecule has 36 heavy (non-hydrogen) atoms. The van der Waals surface area contributed by atoms with Crippen molar-refractivity contribution in [2.45, 2.75) is 32.9 Å². The standard InChI is InChI=1S/C29H31FN2O4/c1-20-5-4-12-32(16-20)17-24-13-21(22-9-11-27-28(14-22)36-19-35-27)8-10-26(24)34-18-29(33)31-15-23-6-2-3-7-25(23)30/h2-3,6-11,13-14,20H,4-5,12,15-19H2,1H3,(H,31,33). The van der Waals surface area contributed by atoms with Crippen LogP contribution in [0.4, 0.5) is 4.39 Å². The number of rotatable bonds is 8.